The third-order valence-electron chi connectivity index (χ3n) is 3.77. The number of hydrogen-bond donors (Lipinski definition) is 0. The maximum atomic E-state index is 11.8. The fourth-order valence-corrected chi connectivity index (χ4v) is 2.48. The maximum absolute atomic E-state index is 11.8. The summed E-state index contributed by atoms with van der Waals surface area (Å²) in [6.07, 6.45) is 2.83. The van der Waals surface area contributed by atoms with Crippen LogP contribution in [0.2, 0.25) is 5.02 Å². The number of carbonyl (C=O) groups is 1. The van der Waals surface area contributed by atoms with Gasteiger partial charge in [0.25, 0.3) is 0 Å². The van der Waals surface area contributed by atoms with Crippen molar-refractivity contribution in [2.45, 2.75) is 18.7 Å². The van der Waals surface area contributed by atoms with Gasteiger partial charge in [-0.25, -0.2) is 0 Å². The molecule has 3 nitrogen and oxygen atoms in total. The highest BCUT2D eigenvalue weighted by Crippen LogP contribution is 2.19. The predicted molar refractivity (Wildman–Crippen MR) is 98.8 cm³/mol. The Balaban J connectivity index is 0.000000292. The summed E-state index contributed by atoms with van der Waals surface area (Å²) in [5, 5.41) is 0.599. The number of carbonyl (C=O) groups excluding carboxylic acids is 1. The molecule has 0 unspecified atom stereocenters. The van der Waals surface area contributed by atoms with Crippen molar-refractivity contribution < 1.29 is 9.53 Å². The SMILES string of the molecule is CN1CCCC1.[B][C@@H](C(=O)Oc1ccccc1)c1ccc(Cl)cc1. The van der Waals surface area contributed by atoms with Crippen molar-refractivity contribution in [1.82, 2.24) is 4.90 Å². The van der Waals surface area contributed by atoms with Gasteiger partial charge in [-0.05, 0) is 62.8 Å². The Morgan fingerprint density at radius 1 is 1.08 bits per heavy atom. The molecule has 24 heavy (non-hydrogen) atoms. The van der Waals surface area contributed by atoms with E-state index >= 15 is 0 Å². The first kappa shape index (κ1) is 18.6. The van der Waals surface area contributed by atoms with Crippen LogP contribution in [0.15, 0.2) is 54.6 Å². The summed E-state index contributed by atoms with van der Waals surface area (Å²) < 4.78 is 5.16. The fourth-order valence-electron chi connectivity index (χ4n) is 2.35. The molecule has 1 heterocycles. The number of halogens is 1. The van der Waals surface area contributed by atoms with Gasteiger partial charge in [0.15, 0.2) is 0 Å². The summed E-state index contributed by atoms with van der Waals surface area (Å²) in [7, 11) is 7.99. The largest absolute Gasteiger partial charge is 0.427 e. The molecule has 1 atom stereocenters. The lowest BCUT2D eigenvalue weighted by atomic mass is 9.81. The molecule has 124 valence electrons. The van der Waals surface area contributed by atoms with Gasteiger partial charge in [0.2, 0.25) is 0 Å². The summed E-state index contributed by atoms with van der Waals surface area (Å²) in [6.45, 7) is 2.64. The number of esters is 1. The van der Waals surface area contributed by atoms with Crippen molar-refractivity contribution in [3.63, 3.8) is 0 Å². The minimum atomic E-state index is -0.817. The highest BCUT2D eigenvalue weighted by atomic mass is 35.5. The number of likely N-dealkylation sites (tertiary alicyclic amines) is 1. The molecule has 1 saturated heterocycles. The first-order chi connectivity index (χ1) is 11.6. The number of ether oxygens (including phenoxy) is 1. The van der Waals surface area contributed by atoms with Crippen LogP contribution in [0.5, 0.6) is 5.75 Å². The molecule has 0 bridgehead atoms. The zero-order chi connectivity index (χ0) is 17.4. The minimum absolute atomic E-state index is 0.479. The van der Waals surface area contributed by atoms with Gasteiger partial charge in [0, 0.05) is 10.8 Å². The van der Waals surface area contributed by atoms with Crippen LogP contribution < -0.4 is 4.74 Å². The van der Waals surface area contributed by atoms with Crippen LogP contribution in [-0.2, 0) is 4.79 Å². The van der Waals surface area contributed by atoms with Crippen molar-refractivity contribution in [1.29, 1.82) is 0 Å². The normalized spacial score (nSPS) is 15.2. The van der Waals surface area contributed by atoms with E-state index in [0.717, 1.165) is 0 Å². The number of benzene rings is 2. The smallest absolute Gasteiger partial charge is 0.309 e. The maximum Gasteiger partial charge on any atom is 0.309 e. The Morgan fingerprint density at radius 2 is 1.67 bits per heavy atom. The average molecular weight is 342 g/mol. The van der Waals surface area contributed by atoms with Crippen LogP contribution in [0.3, 0.4) is 0 Å². The van der Waals surface area contributed by atoms with Crippen LogP contribution in [0, 0.1) is 0 Å². The molecule has 1 aliphatic rings. The minimum Gasteiger partial charge on any atom is -0.427 e. The molecule has 0 N–H and O–H groups in total. The highest BCUT2D eigenvalue weighted by Gasteiger charge is 2.16. The Bertz CT molecular complexity index is 628. The van der Waals surface area contributed by atoms with Gasteiger partial charge in [-0.2, -0.15) is 0 Å². The molecule has 0 amide bonds. The Hall–Kier alpha value is -1.78. The second kappa shape index (κ2) is 9.50. The number of rotatable bonds is 3. The van der Waals surface area contributed by atoms with Crippen molar-refractivity contribution in [2.24, 2.45) is 0 Å². The molecular weight excluding hydrogens is 320 g/mol. The monoisotopic (exact) mass is 341 g/mol. The number of nitrogens with zero attached hydrogens (tertiary/aromatic N) is 1. The first-order valence-electron chi connectivity index (χ1n) is 8.02. The van der Waals surface area contributed by atoms with Gasteiger partial charge in [-0.1, -0.05) is 41.9 Å². The standard InChI is InChI=1S/C14H10BClO2.C5H11N/c15-13(10-6-8-11(16)9-7-10)14(17)18-12-4-2-1-3-5-12;1-6-4-2-3-5-6/h1-9,13H;2-5H2,1H3/t13-;/m1./s1. The van der Waals surface area contributed by atoms with Gasteiger partial charge in [-0.15, -0.1) is 0 Å². The van der Waals surface area contributed by atoms with Gasteiger partial charge in [0.05, 0.1) is 7.85 Å². The van der Waals surface area contributed by atoms with Crippen molar-refractivity contribution in [3.05, 3.63) is 65.2 Å². The van der Waals surface area contributed by atoms with E-state index in [9.17, 15) is 4.79 Å². The molecule has 3 rings (SSSR count). The number of para-hydroxylation sites is 1. The zero-order valence-corrected chi connectivity index (χ0v) is 14.6. The van der Waals surface area contributed by atoms with Crippen LogP contribution in [0.25, 0.3) is 0 Å². The van der Waals surface area contributed by atoms with Crippen LogP contribution in [0.4, 0.5) is 0 Å². The van der Waals surface area contributed by atoms with E-state index in [1.54, 1.807) is 48.5 Å². The number of hydrogen-bond acceptors (Lipinski definition) is 3. The molecule has 2 aromatic rings. The quantitative estimate of drug-likeness (QED) is 0.482. The summed E-state index contributed by atoms with van der Waals surface area (Å²) in [6, 6.07) is 15.6. The van der Waals surface area contributed by atoms with E-state index in [0.29, 0.717) is 16.3 Å². The van der Waals surface area contributed by atoms with Crippen LogP contribution in [0.1, 0.15) is 24.2 Å². The van der Waals surface area contributed by atoms with Crippen LogP contribution >= 0.6 is 11.6 Å². The molecule has 0 aromatic heterocycles. The van der Waals surface area contributed by atoms with Crippen molar-refractivity contribution >= 4 is 25.4 Å². The van der Waals surface area contributed by atoms with Crippen molar-refractivity contribution in [3.8, 4) is 5.75 Å². The van der Waals surface area contributed by atoms with Crippen molar-refractivity contribution in [2.75, 3.05) is 20.1 Å². The van der Waals surface area contributed by atoms with Crippen LogP contribution in [-0.4, -0.2) is 38.9 Å². The van der Waals surface area contributed by atoms with E-state index in [4.69, 9.17) is 24.2 Å². The Kier molecular flexibility index (Phi) is 7.35. The molecule has 1 aliphatic heterocycles. The Morgan fingerprint density at radius 3 is 2.17 bits per heavy atom. The average Bonchev–Trinajstić information content (AvgIpc) is 3.07. The van der Waals surface area contributed by atoms with Gasteiger partial charge < -0.3 is 9.64 Å². The third-order valence-corrected chi connectivity index (χ3v) is 4.03. The molecule has 0 spiro atoms. The zero-order valence-electron chi connectivity index (χ0n) is 13.8. The molecule has 5 heteroatoms. The van der Waals surface area contributed by atoms with Gasteiger partial charge >= 0.3 is 5.97 Å². The second-order valence-corrected chi connectivity index (χ2v) is 6.21. The molecular formula is C19H21BClNO2. The molecule has 2 aromatic carbocycles. The lowest BCUT2D eigenvalue weighted by Gasteiger charge is -2.11. The lowest BCUT2D eigenvalue weighted by molar-refractivity contribution is -0.134. The van der Waals surface area contributed by atoms with E-state index in [1.807, 2.05) is 6.07 Å². The van der Waals surface area contributed by atoms with Gasteiger partial charge in [0.1, 0.15) is 5.75 Å². The van der Waals surface area contributed by atoms with Gasteiger partial charge in [-0.3, -0.25) is 4.79 Å². The highest BCUT2D eigenvalue weighted by molar-refractivity contribution is 6.30. The lowest BCUT2D eigenvalue weighted by Crippen LogP contribution is -2.18. The third kappa shape index (κ3) is 6.02. The first-order valence-corrected chi connectivity index (χ1v) is 8.40. The summed E-state index contributed by atoms with van der Waals surface area (Å²) >= 11 is 5.77. The Labute approximate surface area is 150 Å². The molecule has 1 fully saturated rings. The van der Waals surface area contributed by atoms with E-state index in [1.165, 1.54) is 25.9 Å². The van der Waals surface area contributed by atoms with E-state index < -0.39 is 11.8 Å². The summed E-state index contributed by atoms with van der Waals surface area (Å²) in [5.41, 5.74) is 0.667. The van der Waals surface area contributed by atoms with E-state index in [-0.39, 0.29) is 0 Å². The second-order valence-electron chi connectivity index (χ2n) is 5.77. The van der Waals surface area contributed by atoms with E-state index in [2.05, 4.69) is 11.9 Å². The summed E-state index contributed by atoms with van der Waals surface area (Å²) in [5.74, 6) is -0.835. The molecule has 2 radical (unpaired) electrons. The molecule has 0 aliphatic carbocycles. The topological polar surface area (TPSA) is 29.5 Å². The predicted octanol–water partition coefficient (Wildman–Crippen LogP) is 3.87. The molecule has 0 saturated carbocycles. The fraction of sp³-hybridized carbons (Fsp3) is 0.316. The summed E-state index contributed by atoms with van der Waals surface area (Å²) in [4.78, 5) is 14.2.